The van der Waals surface area contributed by atoms with E-state index in [1.807, 2.05) is 0 Å². The zero-order chi connectivity index (χ0) is 12.7. The van der Waals surface area contributed by atoms with Crippen molar-refractivity contribution < 1.29 is 8.94 Å². The predicted molar refractivity (Wildman–Crippen MR) is 66.6 cm³/mol. The minimum absolute atomic E-state index is 0.395. The van der Waals surface area contributed by atoms with Crippen LogP contribution >= 0.6 is 0 Å². The van der Waals surface area contributed by atoms with E-state index in [1.165, 1.54) is 25.9 Å². The summed E-state index contributed by atoms with van der Waals surface area (Å²) in [5.74, 6) is 0.910. The molecule has 0 aliphatic carbocycles. The Hall–Kier alpha value is -1.89. The van der Waals surface area contributed by atoms with Crippen LogP contribution in [0.2, 0.25) is 0 Å². The summed E-state index contributed by atoms with van der Waals surface area (Å²) in [4.78, 5) is 4.73. The van der Waals surface area contributed by atoms with Gasteiger partial charge >= 0.3 is 6.01 Å². The van der Waals surface area contributed by atoms with E-state index in [9.17, 15) is 0 Å². The second-order valence-corrected chi connectivity index (χ2v) is 5.03. The Morgan fingerprint density at radius 3 is 2.79 bits per heavy atom. The Morgan fingerprint density at radius 2 is 2.00 bits per heavy atom. The molecule has 5 rings (SSSR count). The molecule has 2 aromatic heterocycles. The molecule has 0 saturated carbocycles. The molecule has 19 heavy (non-hydrogen) atoms. The highest BCUT2D eigenvalue weighted by Crippen LogP contribution is 2.28. The van der Waals surface area contributed by atoms with Crippen LogP contribution in [0, 0.1) is 0 Å². The van der Waals surface area contributed by atoms with Gasteiger partial charge in [0.1, 0.15) is 0 Å². The molecule has 0 spiro atoms. The van der Waals surface area contributed by atoms with E-state index in [-0.39, 0.29) is 0 Å². The molecule has 3 fully saturated rings. The summed E-state index contributed by atoms with van der Waals surface area (Å²) in [5, 5.41) is 11.8. The van der Waals surface area contributed by atoms with Crippen LogP contribution in [0.5, 0.6) is 0 Å². The van der Waals surface area contributed by atoms with Crippen molar-refractivity contribution in [3.63, 3.8) is 0 Å². The standard InChI is InChI=1S/C12H15N5O2/c1-4-13-19-10(1)11-14-15-12(18-11)17-8-7-16-5-2-9(17)3-6-16/h1,4,9H,2-3,5-8H2. The molecule has 0 radical (unpaired) electrons. The summed E-state index contributed by atoms with van der Waals surface area (Å²) < 4.78 is 10.8. The van der Waals surface area contributed by atoms with Gasteiger partial charge in [-0.05, 0) is 12.8 Å². The molecular weight excluding hydrogens is 246 g/mol. The maximum Gasteiger partial charge on any atom is 0.318 e. The maximum absolute atomic E-state index is 5.73. The lowest BCUT2D eigenvalue weighted by Crippen LogP contribution is -2.38. The van der Waals surface area contributed by atoms with Crippen LogP contribution in [-0.2, 0) is 0 Å². The predicted octanol–water partition coefficient (Wildman–Crippen LogP) is 1.01. The molecule has 5 heterocycles. The minimum Gasteiger partial charge on any atom is -0.400 e. The number of aromatic nitrogens is 3. The first-order valence-electron chi connectivity index (χ1n) is 6.64. The third-order valence-electron chi connectivity index (χ3n) is 3.96. The first-order valence-corrected chi connectivity index (χ1v) is 6.64. The quantitative estimate of drug-likeness (QED) is 0.798. The molecule has 0 unspecified atom stereocenters. The normalized spacial score (nSPS) is 26.6. The average molecular weight is 261 g/mol. The first kappa shape index (κ1) is 11.0. The summed E-state index contributed by atoms with van der Waals surface area (Å²) in [6.07, 6.45) is 3.90. The lowest BCUT2D eigenvalue weighted by atomic mass is 10.1. The van der Waals surface area contributed by atoms with Gasteiger partial charge in [0.05, 0.1) is 6.20 Å². The van der Waals surface area contributed by atoms with Crippen LogP contribution in [0.25, 0.3) is 11.7 Å². The van der Waals surface area contributed by atoms with E-state index in [4.69, 9.17) is 8.94 Å². The first-order chi connectivity index (χ1) is 9.40. The molecule has 0 aromatic carbocycles. The van der Waals surface area contributed by atoms with Crippen molar-refractivity contribution in [3.05, 3.63) is 12.3 Å². The van der Waals surface area contributed by atoms with Crippen molar-refractivity contribution in [1.82, 2.24) is 20.3 Å². The lowest BCUT2D eigenvalue weighted by molar-refractivity contribution is 0.249. The fourth-order valence-electron chi connectivity index (χ4n) is 2.90. The smallest absolute Gasteiger partial charge is 0.318 e. The summed E-state index contributed by atoms with van der Waals surface area (Å²) in [6, 6.07) is 2.83. The third kappa shape index (κ3) is 1.90. The molecule has 0 amide bonds. The van der Waals surface area contributed by atoms with Gasteiger partial charge in [0, 0.05) is 38.3 Å². The Bertz CT molecular complexity index is 544. The van der Waals surface area contributed by atoms with Crippen molar-refractivity contribution in [3.8, 4) is 11.7 Å². The highest BCUT2D eigenvalue weighted by atomic mass is 16.5. The largest absolute Gasteiger partial charge is 0.400 e. The van der Waals surface area contributed by atoms with Crippen LogP contribution in [-0.4, -0.2) is 52.5 Å². The van der Waals surface area contributed by atoms with Gasteiger partial charge < -0.3 is 18.7 Å². The van der Waals surface area contributed by atoms with E-state index in [1.54, 1.807) is 12.3 Å². The molecule has 3 aliphatic heterocycles. The molecule has 2 aromatic rings. The van der Waals surface area contributed by atoms with Crippen molar-refractivity contribution in [2.24, 2.45) is 0 Å². The van der Waals surface area contributed by atoms with Crippen molar-refractivity contribution in [2.75, 3.05) is 31.1 Å². The van der Waals surface area contributed by atoms with Crippen LogP contribution in [0.15, 0.2) is 21.2 Å². The number of anilines is 1. The van der Waals surface area contributed by atoms with Crippen LogP contribution < -0.4 is 4.90 Å². The molecule has 0 atom stereocenters. The van der Waals surface area contributed by atoms with Crippen molar-refractivity contribution >= 4 is 6.01 Å². The summed E-state index contributed by atoms with van der Waals surface area (Å²) in [6.45, 7) is 4.35. The van der Waals surface area contributed by atoms with Crippen LogP contribution in [0.4, 0.5) is 6.01 Å². The topological polar surface area (TPSA) is 71.4 Å². The number of hydrogen-bond donors (Lipinski definition) is 0. The molecule has 3 saturated heterocycles. The van der Waals surface area contributed by atoms with E-state index >= 15 is 0 Å². The molecule has 2 bridgehead atoms. The number of hydrogen-bond acceptors (Lipinski definition) is 7. The molecule has 7 nitrogen and oxygen atoms in total. The van der Waals surface area contributed by atoms with Crippen molar-refractivity contribution in [1.29, 1.82) is 0 Å². The van der Waals surface area contributed by atoms with Gasteiger partial charge in [-0.3, -0.25) is 0 Å². The van der Waals surface area contributed by atoms with E-state index in [0.29, 0.717) is 23.7 Å². The monoisotopic (exact) mass is 261 g/mol. The second kappa shape index (κ2) is 4.34. The van der Waals surface area contributed by atoms with E-state index in [2.05, 4.69) is 25.2 Å². The van der Waals surface area contributed by atoms with Gasteiger partial charge in [0.25, 0.3) is 5.89 Å². The Kier molecular flexibility index (Phi) is 2.51. The number of rotatable bonds is 2. The highest BCUT2D eigenvalue weighted by molar-refractivity contribution is 5.44. The highest BCUT2D eigenvalue weighted by Gasteiger charge is 2.32. The van der Waals surface area contributed by atoms with Gasteiger partial charge in [-0.2, -0.15) is 0 Å². The SMILES string of the molecule is c1cc(-c2nnc(N3CCN4CCC3CC4)o2)on1. The summed E-state index contributed by atoms with van der Waals surface area (Å²) in [7, 11) is 0. The van der Waals surface area contributed by atoms with Gasteiger partial charge in [0.15, 0.2) is 0 Å². The van der Waals surface area contributed by atoms with Gasteiger partial charge in [-0.1, -0.05) is 10.3 Å². The summed E-state index contributed by atoms with van der Waals surface area (Å²) in [5.41, 5.74) is 0. The van der Waals surface area contributed by atoms with Gasteiger partial charge in [0.2, 0.25) is 5.76 Å². The van der Waals surface area contributed by atoms with Gasteiger partial charge in [-0.25, -0.2) is 0 Å². The van der Waals surface area contributed by atoms with E-state index < -0.39 is 0 Å². The molecular formula is C12H15N5O2. The average Bonchev–Trinajstić information content (AvgIpc) is 3.05. The Balaban J connectivity index is 1.62. The fourth-order valence-corrected chi connectivity index (χ4v) is 2.90. The maximum atomic E-state index is 5.73. The Labute approximate surface area is 110 Å². The molecule has 7 heteroatoms. The zero-order valence-electron chi connectivity index (χ0n) is 10.5. The van der Waals surface area contributed by atoms with Crippen LogP contribution in [0.1, 0.15) is 12.8 Å². The second-order valence-electron chi connectivity index (χ2n) is 5.03. The lowest BCUT2D eigenvalue weighted by Gasteiger charge is -2.29. The molecule has 100 valence electrons. The van der Waals surface area contributed by atoms with E-state index in [0.717, 1.165) is 13.1 Å². The number of nitrogens with zero attached hydrogens (tertiary/aromatic N) is 5. The van der Waals surface area contributed by atoms with Gasteiger partial charge in [-0.15, -0.1) is 5.10 Å². The fraction of sp³-hybridized carbons (Fsp3) is 0.583. The van der Waals surface area contributed by atoms with Crippen molar-refractivity contribution in [2.45, 2.75) is 18.9 Å². The zero-order valence-corrected chi connectivity index (χ0v) is 10.5. The number of fused-ring (bicyclic) bond motifs is 4. The Morgan fingerprint density at radius 1 is 1.11 bits per heavy atom. The third-order valence-corrected chi connectivity index (χ3v) is 3.96. The molecule has 3 aliphatic rings. The molecule has 0 N–H and O–H groups in total. The number of piperidine rings is 1. The van der Waals surface area contributed by atoms with Crippen LogP contribution in [0.3, 0.4) is 0 Å². The summed E-state index contributed by atoms with van der Waals surface area (Å²) >= 11 is 0. The minimum atomic E-state index is 0.395.